The Morgan fingerprint density at radius 3 is 2.90 bits per heavy atom. The van der Waals surface area contributed by atoms with Crippen LogP contribution in [-0.2, 0) is 23.0 Å². The van der Waals surface area contributed by atoms with Crippen molar-refractivity contribution in [3.05, 3.63) is 29.7 Å². The standard InChI is InChI=1S/C19H26F2N6O3/c1-11(5-16(20)21)23-19(29)30-14-4-3-13(7-14)15-8-17(26-25-15)24-18(28)6-12-9-22-27(2)10-12/h8-11,13-14,16H,3-7H2,1-2H3,(H,23,29)(H2,24,25,26,28)/t11?,13-,14?/m0/s1. The SMILES string of the molecule is CC(CC(F)F)NC(=O)OC1CC[C@H](c2cc(NC(=O)Cc3cnn(C)c3)n[nH]2)C1. The number of aryl methyl sites for hydroxylation is 1. The molecule has 2 aromatic heterocycles. The van der Waals surface area contributed by atoms with Gasteiger partial charge in [0.1, 0.15) is 6.10 Å². The number of hydrogen-bond acceptors (Lipinski definition) is 5. The van der Waals surface area contributed by atoms with E-state index in [1.54, 1.807) is 30.2 Å². The maximum Gasteiger partial charge on any atom is 0.407 e. The second-order valence-electron chi connectivity index (χ2n) is 7.67. The van der Waals surface area contributed by atoms with Crippen LogP contribution < -0.4 is 10.6 Å². The van der Waals surface area contributed by atoms with Crippen LogP contribution in [0.1, 0.15) is 49.8 Å². The fraction of sp³-hybridized carbons (Fsp3) is 0.579. The van der Waals surface area contributed by atoms with E-state index < -0.39 is 25.0 Å². The van der Waals surface area contributed by atoms with Crippen LogP contribution in [0.15, 0.2) is 18.5 Å². The molecule has 3 N–H and O–H groups in total. The lowest BCUT2D eigenvalue weighted by molar-refractivity contribution is -0.115. The molecule has 9 nitrogen and oxygen atoms in total. The molecule has 0 aliphatic heterocycles. The first kappa shape index (κ1) is 21.7. The molecule has 0 radical (unpaired) electrons. The van der Waals surface area contributed by atoms with Crippen molar-refractivity contribution in [3.63, 3.8) is 0 Å². The molecule has 3 rings (SSSR count). The van der Waals surface area contributed by atoms with Crippen molar-refractivity contribution < 1.29 is 23.1 Å². The first-order valence-corrected chi connectivity index (χ1v) is 9.86. The van der Waals surface area contributed by atoms with Gasteiger partial charge in [-0.3, -0.25) is 14.6 Å². The van der Waals surface area contributed by atoms with E-state index in [0.717, 1.165) is 17.7 Å². The molecule has 1 saturated carbocycles. The van der Waals surface area contributed by atoms with Crippen molar-refractivity contribution in [2.75, 3.05) is 5.32 Å². The maximum absolute atomic E-state index is 12.3. The lowest BCUT2D eigenvalue weighted by Crippen LogP contribution is -2.36. The molecular weight excluding hydrogens is 398 g/mol. The van der Waals surface area contributed by atoms with E-state index >= 15 is 0 Å². The Labute approximate surface area is 172 Å². The number of rotatable bonds is 8. The molecule has 164 valence electrons. The summed E-state index contributed by atoms with van der Waals surface area (Å²) in [6.07, 6.45) is 1.82. The number of carbonyl (C=O) groups is 2. The number of aromatic amines is 1. The average molecular weight is 424 g/mol. The first-order valence-electron chi connectivity index (χ1n) is 9.86. The van der Waals surface area contributed by atoms with Crippen molar-refractivity contribution in [1.82, 2.24) is 25.3 Å². The zero-order valence-electron chi connectivity index (χ0n) is 16.9. The van der Waals surface area contributed by atoms with E-state index in [4.69, 9.17) is 4.74 Å². The molecule has 0 bridgehead atoms. The normalized spacial score (nSPS) is 19.6. The van der Waals surface area contributed by atoms with Gasteiger partial charge in [0.25, 0.3) is 0 Å². The molecule has 1 aliphatic carbocycles. The first-order chi connectivity index (χ1) is 14.3. The Hall–Kier alpha value is -2.98. The van der Waals surface area contributed by atoms with Gasteiger partial charge in [0.2, 0.25) is 12.3 Å². The molecule has 3 atom stereocenters. The zero-order valence-corrected chi connectivity index (χ0v) is 16.9. The number of nitrogens with zero attached hydrogens (tertiary/aromatic N) is 3. The minimum Gasteiger partial charge on any atom is -0.446 e. The number of alkyl carbamates (subject to hydrolysis) is 1. The second-order valence-corrected chi connectivity index (χ2v) is 7.67. The Morgan fingerprint density at radius 1 is 1.40 bits per heavy atom. The van der Waals surface area contributed by atoms with Crippen LogP contribution in [0, 0.1) is 0 Å². The number of hydrogen-bond donors (Lipinski definition) is 3. The van der Waals surface area contributed by atoms with Crippen LogP contribution >= 0.6 is 0 Å². The number of ether oxygens (including phenoxy) is 1. The molecule has 30 heavy (non-hydrogen) atoms. The van der Waals surface area contributed by atoms with E-state index in [2.05, 4.69) is 25.9 Å². The monoisotopic (exact) mass is 424 g/mol. The van der Waals surface area contributed by atoms with Gasteiger partial charge < -0.3 is 15.4 Å². The Morgan fingerprint density at radius 2 is 2.20 bits per heavy atom. The number of H-pyrrole nitrogens is 1. The van der Waals surface area contributed by atoms with Crippen molar-refractivity contribution >= 4 is 17.8 Å². The largest absolute Gasteiger partial charge is 0.446 e. The summed E-state index contributed by atoms with van der Waals surface area (Å²) in [6, 6.07) is 1.12. The molecule has 2 amide bonds. The summed E-state index contributed by atoms with van der Waals surface area (Å²) >= 11 is 0. The maximum atomic E-state index is 12.3. The molecule has 1 aliphatic rings. The van der Waals surface area contributed by atoms with Gasteiger partial charge >= 0.3 is 6.09 Å². The fourth-order valence-electron chi connectivity index (χ4n) is 3.59. The lowest BCUT2D eigenvalue weighted by Gasteiger charge is -2.16. The fourth-order valence-corrected chi connectivity index (χ4v) is 3.59. The molecule has 0 spiro atoms. The van der Waals surface area contributed by atoms with Crippen LogP contribution in [0.4, 0.5) is 19.4 Å². The topological polar surface area (TPSA) is 114 Å². The summed E-state index contributed by atoms with van der Waals surface area (Å²) in [5, 5.41) is 16.3. The molecule has 1 fully saturated rings. The van der Waals surface area contributed by atoms with Crippen LogP contribution in [-0.4, -0.2) is 50.5 Å². The number of carbonyl (C=O) groups excluding carboxylic acids is 2. The Bertz CT molecular complexity index is 868. The summed E-state index contributed by atoms with van der Waals surface area (Å²) < 4.78 is 31.7. The van der Waals surface area contributed by atoms with E-state index in [9.17, 15) is 18.4 Å². The summed E-state index contributed by atoms with van der Waals surface area (Å²) in [6.45, 7) is 1.51. The van der Waals surface area contributed by atoms with Gasteiger partial charge in [-0.2, -0.15) is 10.2 Å². The van der Waals surface area contributed by atoms with Crippen molar-refractivity contribution in [2.45, 2.75) is 63.5 Å². The number of aromatic nitrogens is 4. The Balaban J connectivity index is 1.44. The highest BCUT2D eigenvalue weighted by Gasteiger charge is 2.30. The number of amides is 2. The molecule has 2 heterocycles. The van der Waals surface area contributed by atoms with E-state index in [1.165, 1.54) is 6.92 Å². The lowest BCUT2D eigenvalue weighted by atomic mass is 10.0. The van der Waals surface area contributed by atoms with Gasteiger partial charge in [-0.15, -0.1) is 0 Å². The van der Waals surface area contributed by atoms with Crippen molar-refractivity contribution in [2.24, 2.45) is 7.05 Å². The molecule has 0 aromatic carbocycles. The highest BCUT2D eigenvalue weighted by molar-refractivity contribution is 5.91. The number of halogens is 2. The van der Waals surface area contributed by atoms with Gasteiger partial charge in [-0.1, -0.05) is 0 Å². The van der Waals surface area contributed by atoms with Crippen LogP contribution in [0.2, 0.25) is 0 Å². The van der Waals surface area contributed by atoms with Gasteiger partial charge in [-0.25, -0.2) is 13.6 Å². The third-order valence-electron chi connectivity index (χ3n) is 4.98. The van der Waals surface area contributed by atoms with Gasteiger partial charge in [0.15, 0.2) is 5.82 Å². The summed E-state index contributed by atoms with van der Waals surface area (Å²) in [4.78, 5) is 24.0. The van der Waals surface area contributed by atoms with Crippen LogP contribution in [0.5, 0.6) is 0 Å². The predicted octanol–water partition coefficient (Wildman–Crippen LogP) is 2.73. The Kier molecular flexibility index (Phi) is 7.01. The molecule has 11 heteroatoms. The van der Waals surface area contributed by atoms with E-state index in [1.807, 2.05) is 0 Å². The minimum absolute atomic E-state index is 0.109. The minimum atomic E-state index is -2.48. The second kappa shape index (κ2) is 9.68. The van der Waals surface area contributed by atoms with E-state index in [-0.39, 0.29) is 24.3 Å². The molecule has 2 aromatic rings. The smallest absolute Gasteiger partial charge is 0.407 e. The quantitative estimate of drug-likeness (QED) is 0.603. The number of alkyl halides is 2. The molecule has 2 unspecified atom stereocenters. The third kappa shape index (κ3) is 6.26. The highest BCUT2D eigenvalue weighted by atomic mass is 19.3. The third-order valence-corrected chi connectivity index (χ3v) is 4.98. The van der Waals surface area contributed by atoms with Gasteiger partial charge in [-0.05, 0) is 31.7 Å². The average Bonchev–Trinajstić information content (AvgIpc) is 3.36. The van der Waals surface area contributed by atoms with Crippen molar-refractivity contribution in [3.8, 4) is 0 Å². The van der Waals surface area contributed by atoms with Gasteiger partial charge in [0, 0.05) is 43.4 Å². The van der Waals surface area contributed by atoms with E-state index in [0.29, 0.717) is 18.7 Å². The summed E-state index contributed by atoms with van der Waals surface area (Å²) in [7, 11) is 1.79. The number of nitrogens with one attached hydrogen (secondary N) is 3. The van der Waals surface area contributed by atoms with Crippen LogP contribution in [0.3, 0.4) is 0 Å². The van der Waals surface area contributed by atoms with Crippen LogP contribution in [0.25, 0.3) is 0 Å². The number of anilines is 1. The van der Waals surface area contributed by atoms with Crippen molar-refractivity contribution in [1.29, 1.82) is 0 Å². The summed E-state index contributed by atoms with van der Waals surface area (Å²) in [5.41, 5.74) is 1.66. The highest BCUT2D eigenvalue weighted by Crippen LogP contribution is 2.35. The molecular formula is C19H26F2N6O3. The van der Waals surface area contributed by atoms with Gasteiger partial charge in [0.05, 0.1) is 12.6 Å². The predicted molar refractivity (Wildman–Crippen MR) is 104 cm³/mol. The summed E-state index contributed by atoms with van der Waals surface area (Å²) in [5.74, 6) is 0.350. The molecule has 0 saturated heterocycles. The zero-order chi connectivity index (χ0) is 21.7.